The van der Waals surface area contributed by atoms with E-state index in [1.165, 1.54) is 0 Å². The number of para-hydroxylation sites is 1. The number of benzene rings is 1. The van der Waals surface area contributed by atoms with E-state index in [9.17, 15) is 14.7 Å². The second-order valence-corrected chi connectivity index (χ2v) is 6.54. The molecule has 0 radical (unpaired) electrons. The second-order valence-electron chi connectivity index (χ2n) is 6.54. The molecule has 2 heterocycles. The minimum absolute atomic E-state index is 0.00853. The number of carboxylic acids is 1. The molecule has 1 aromatic carbocycles. The fraction of sp³-hybridized carbons (Fsp3) is 0.389. The molecule has 8 heteroatoms. The second kappa shape index (κ2) is 7.57. The lowest BCUT2D eigenvalue weighted by Gasteiger charge is -2.24. The van der Waals surface area contributed by atoms with Crippen LogP contribution in [0.5, 0.6) is 5.75 Å². The van der Waals surface area contributed by atoms with Crippen molar-refractivity contribution >= 4 is 11.9 Å². The normalized spacial score (nSPS) is 20.2. The summed E-state index contributed by atoms with van der Waals surface area (Å²) in [6, 6.07) is 8.51. The molecule has 0 aliphatic carbocycles. The lowest BCUT2D eigenvalue weighted by Crippen LogP contribution is -2.41. The third-order valence-corrected chi connectivity index (χ3v) is 4.90. The molecule has 3 rings (SSSR count). The molecule has 2 atom stereocenters. The number of carboxylic acid groups (broad SMARTS) is 1. The summed E-state index contributed by atoms with van der Waals surface area (Å²) in [7, 11) is 1.89. The van der Waals surface area contributed by atoms with Crippen LogP contribution in [-0.4, -0.2) is 62.9 Å². The molecule has 8 nitrogen and oxygen atoms in total. The van der Waals surface area contributed by atoms with Crippen molar-refractivity contribution in [1.82, 2.24) is 20.4 Å². The number of nitrogens with one attached hydrogen (secondary N) is 2. The van der Waals surface area contributed by atoms with Gasteiger partial charge in [0.05, 0.1) is 12.1 Å². The highest BCUT2D eigenvalue weighted by molar-refractivity contribution is 5.93. The Morgan fingerprint density at radius 3 is 2.77 bits per heavy atom. The molecule has 0 unspecified atom stereocenters. The van der Waals surface area contributed by atoms with Crippen LogP contribution in [0.4, 0.5) is 0 Å². The number of rotatable bonds is 6. The lowest BCUT2D eigenvalue weighted by atomic mass is 10.1. The number of hydrogen-bond donors (Lipinski definition) is 4. The van der Waals surface area contributed by atoms with Crippen molar-refractivity contribution in [1.29, 1.82) is 0 Å². The summed E-state index contributed by atoms with van der Waals surface area (Å²) in [6.07, 6.45) is 1.77. The first kappa shape index (κ1) is 17.9. The fourth-order valence-electron chi connectivity index (χ4n) is 3.36. The Bertz CT molecular complexity index is 804. The largest absolute Gasteiger partial charge is 0.507 e. The van der Waals surface area contributed by atoms with Crippen LogP contribution in [0.2, 0.25) is 0 Å². The van der Waals surface area contributed by atoms with Crippen molar-refractivity contribution in [3.63, 3.8) is 0 Å². The van der Waals surface area contributed by atoms with Gasteiger partial charge in [-0.15, -0.1) is 0 Å². The fourth-order valence-corrected chi connectivity index (χ4v) is 3.36. The van der Waals surface area contributed by atoms with Gasteiger partial charge >= 0.3 is 5.97 Å². The Morgan fingerprint density at radius 1 is 1.31 bits per heavy atom. The maximum Gasteiger partial charge on any atom is 0.304 e. The van der Waals surface area contributed by atoms with Gasteiger partial charge in [-0.1, -0.05) is 12.1 Å². The van der Waals surface area contributed by atoms with Crippen LogP contribution >= 0.6 is 0 Å². The van der Waals surface area contributed by atoms with Crippen molar-refractivity contribution in [2.24, 2.45) is 0 Å². The minimum atomic E-state index is -0.805. The molecule has 1 aliphatic heterocycles. The molecule has 1 aliphatic rings. The zero-order valence-electron chi connectivity index (χ0n) is 14.5. The average molecular weight is 358 g/mol. The third kappa shape index (κ3) is 3.85. The van der Waals surface area contributed by atoms with E-state index in [4.69, 9.17) is 5.11 Å². The van der Waals surface area contributed by atoms with E-state index in [1.807, 2.05) is 11.9 Å². The van der Waals surface area contributed by atoms with E-state index in [0.29, 0.717) is 23.5 Å². The number of aromatic hydroxyl groups is 1. The number of hydrogen-bond acceptors (Lipinski definition) is 5. The number of likely N-dealkylation sites (tertiary alicyclic amines) is 1. The van der Waals surface area contributed by atoms with Gasteiger partial charge in [-0.3, -0.25) is 19.6 Å². The molecule has 4 N–H and O–H groups in total. The Kier molecular flexibility index (Phi) is 5.22. The van der Waals surface area contributed by atoms with Crippen LogP contribution in [0, 0.1) is 0 Å². The monoisotopic (exact) mass is 358 g/mol. The Morgan fingerprint density at radius 2 is 2.04 bits per heavy atom. The van der Waals surface area contributed by atoms with Crippen LogP contribution < -0.4 is 5.32 Å². The third-order valence-electron chi connectivity index (χ3n) is 4.90. The van der Waals surface area contributed by atoms with E-state index in [2.05, 4.69) is 15.5 Å². The van der Waals surface area contributed by atoms with E-state index in [-0.39, 0.29) is 30.2 Å². The number of carbonyl (C=O) groups is 2. The molecule has 0 spiro atoms. The van der Waals surface area contributed by atoms with Gasteiger partial charge in [0.15, 0.2) is 0 Å². The van der Waals surface area contributed by atoms with E-state index < -0.39 is 5.97 Å². The van der Waals surface area contributed by atoms with Crippen LogP contribution in [0.25, 0.3) is 11.3 Å². The number of H-pyrrole nitrogens is 1. The topological polar surface area (TPSA) is 119 Å². The van der Waals surface area contributed by atoms with Gasteiger partial charge in [0, 0.05) is 24.2 Å². The van der Waals surface area contributed by atoms with Gasteiger partial charge < -0.3 is 15.5 Å². The summed E-state index contributed by atoms with van der Waals surface area (Å²) in [5.41, 5.74) is 1.36. The number of aromatic nitrogens is 2. The molecule has 1 saturated heterocycles. The van der Waals surface area contributed by atoms with Gasteiger partial charge in [-0.05, 0) is 38.1 Å². The van der Waals surface area contributed by atoms with E-state index in [0.717, 1.165) is 12.8 Å². The molecule has 1 fully saturated rings. The van der Waals surface area contributed by atoms with Crippen LogP contribution in [0.3, 0.4) is 0 Å². The number of aliphatic carboxylic acids is 1. The van der Waals surface area contributed by atoms with Gasteiger partial charge in [-0.2, -0.15) is 5.10 Å². The highest BCUT2D eigenvalue weighted by Crippen LogP contribution is 2.27. The standard InChI is InChI=1S/C18H22N4O4/c1-22-11(8-17(24)25)6-7-12(22)10-19-18(26)15-9-14(20-21-15)13-4-2-3-5-16(13)23/h2-5,9,11-12,23H,6-8,10H2,1H3,(H,19,26)(H,20,21)(H,24,25)/t11-,12+/m1/s1. The van der Waals surface area contributed by atoms with Crippen molar-refractivity contribution in [2.75, 3.05) is 13.6 Å². The first-order valence-electron chi connectivity index (χ1n) is 8.51. The maximum atomic E-state index is 12.3. The summed E-state index contributed by atoms with van der Waals surface area (Å²) in [4.78, 5) is 25.2. The molecule has 1 amide bonds. The first-order valence-corrected chi connectivity index (χ1v) is 8.51. The highest BCUT2D eigenvalue weighted by Gasteiger charge is 2.31. The van der Waals surface area contributed by atoms with Crippen molar-refractivity contribution < 1.29 is 19.8 Å². The molecule has 26 heavy (non-hydrogen) atoms. The minimum Gasteiger partial charge on any atom is -0.507 e. The molecular formula is C18H22N4O4. The van der Waals surface area contributed by atoms with E-state index >= 15 is 0 Å². The van der Waals surface area contributed by atoms with Crippen molar-refractivity contribution in [3.05, 3.63) is 36.0 Å². The van der Waals surface area contributed by atoms with Gasteiger partial charge in [-0.25, -0.2) is 0 Å². The average Bonchev–Trinajstić information content (AvgIpc) is 3.21. The molecule has 138 valence electrons. The van der Waals surface area contributed by atoms with E-state index in [1.54, 1.807) is 30.3 Å². The SMILES string of the molecule is CN1[C@@H](CC(=O)O)CC[C@H]1CNC(=O)c1cc(-c2ccccc2O)n[nH]1. The van der Waals surface area contributed by atoms with Gasteiger partial charge in [0.1, 0.15) is 11.4 Å². The summed E-state index contributed by atoms with van der Waals surface area (Å²) in [6.45, 7) is 0.441. The Hall–Kier alpha value is -2.87. The quantitative estimate of drug-likeness (QED) is 0.621. The van der Waals surface area contributed by atoms with Crippen molar-refractivity contribution in [3.8, 4) is 17.0 Å². The van der Waals surface area contributed by atoms with Crippen LogP contribution in [0.1, 0.15) is 29.8 Å². The molecule has 0 bridgehead atoms. The smallest absolute Gasteiger partial charge is 0.304 e. The number of carbonyl (C=O) groups excluding carboxylic acids is 1. The van der Waals surface area contributed by atoms with Crippen LogP contribution in [-0.2, 0) is 4.79 Å². The number of phenols is 1. The number of phenolic OH excluding ortho intramolecular Hbond substituents is 1. The maximum absolute atomic E-state index is 12.3. The summed E-state index contributed by atoms with van der Waals surface area (Å²) >= 11 is 0. The molecular weight excluding hydrogens is 336 g/mol. The van der Waals surface area contributed by atoms with Gasteiger partial charge in [0.2, 0.25) is 0 Å². The number of amides is 1. The predicted octanol–water partition coefficient (Wildman–Crippen LogP) is 1.45. The molecule has 2 aromatic rings. The number of aromatic amines is 1. The van der Waals surface area contributed by atoms with Gasteiger partial charge in [0.25, 0.3) is 5.91 Å². The first-order chi connectivity index (χ1) is 12.5. The van der Waals surface area contributed by atoms with Crippen LogP contribution in [0.15, 0.2) is 30.3 Å². The summed E-state index contributed by atoms with van der Waals surface area (Å²) in [5.74, 6) is -0.988. The van der Waals surface area contributed by atoms with Crippen molar-refractivity contribution in [2.45, 2.75) is 31.3 Å². The zero-order chi connectivity index (χ0) is 18.7. The zero-order valence-corrected chi connectivity index (χ0v) is 14.5. The predicted molar refractivity (Wildman–Crippen MR) is 94.8 cm³/mol. The molecule has 0 saturated carbocycles. The summed E-state index contributed by atoms with van der Waals surface area (Å²) in [5, 5.41) is 28.4. The Labute approximate surface area is 150 Å². The lowest BCUT2D eigenvalue weighted by molar-refractivity contribution is -0.138. The Balaban J connectivity index is 1.58. The highest BCUT2D eigenvalue weighted by atomic mass is 16.4. The number of likely N-dealkylation sites (N-methyl/N-ethyl adjacent to an activating group) is 1. The number of nitrogens with zero attached hydrogens (tertiary/aromatic N) is 2. The summed E-state index contributed by atoms with van der Waals surface area (Å²) < 4.78 is 0. The molecule has 1 aromatic heterocycles.